The maximum Gasteiger partial charge on any atom is 0.254 e. The Balaban J connectivity index is 1.42. The summed E-state index contributed by atoms with van der Waals surface area (Å²) in [5.74, 6) is 1.62. The first-order valence-corrected chi connectivity index (χ1v) is 11.6. The van der Waals surface area contributed by atoms with Crippen LogP contribution in [0.2, 0.25) is 0 Å². The number of thiazole rings is 1. The fraction of sp³-hybridized carbons (Fsp3) is 0.417. The zero-order valence-corrected chi connectivity index (χ0v) is 19.2. The molecule has 1 saturated heterocycles. The number of hydrogen-bond donors (Lipinski definition) is 0. The highest BCUT2D eigenvalue weighted by Crippen LogP contribution is 2.36. The van der Waals surface area contributed by atoms with Gasteiger partial charge < -0.3 is 19.3 Å². The topological polar surface area (TPSA) is 54.9 Å². The molecule has 0 aliphatic carbocycles. The molecule has 0 spiro atoms. The lowest BCUT2D eigenvalue weighted by atomic mass is 10.1. The van der Waals surface area contributed by atoms with Gasteiger partial charge in [0.1, 0.15) is 17.0 Å². The summed E-state index contributed by atoms with van der Waals surface area (Å²) in [5, 5.41) is 0.987. The van der Waals surface area contributed by atoms with E-state index in [1.54, 1.807) is 18.4 Å². The molecule has 0 saturated carbocycles. The van der Waals surface area contributed by atoms with Crippen LogP contribution in [-0.2, 0) is 0 Å². The standard InChI is InChI=1S/C24H29N3O3S/c1-4-5-15-30-19-8-6-7-18(16-19)23(28)26-11-13-27(14-12-26)24-25-21-20(29-3)10-9-17(2)22(21)31-24/h6-10,16H,4-5,11-15H2,1-3H3. The average molecular weight is 440 g/mol. The van der Waals surface area contributed by atoms with Gasteiger partial charge >= 0.3 is 0 Å². The van der Waals surface area contributed by atoms with Gasteiger partial charge in [0.15, 0.2) is 5.13 Å². The van der Waals surface area contributed by atoms with Gasteiger partial charge in [-0.15, -0.1) is 0 Å². The van der Waals surface area contributed by atoms with Crippen LogP contribution in [0.4, 0.5) is 5.13 Å². The van der Waals surface area contributed by atoms with Crippen molar-refractivity contribution in [2.24, 2.45) is 0 Å². The van der Waals surface area contributed by atoms with Crippen LogP contribution in [0.3, 0.4) is 0 Å². The Hall–Kier alpha value is -2.80. The Morgan fingerprint density at radius 2 is 1.97 bits per heavy atom. The van der Waals surface area contributed by atoms with Gasteiger partial charge in [0, 0.05) is 31.7 Å². The van der Waals surface area contributed by atoms with E-state index in [9.17, 15) is 4.79 Å². The fourth-order valence-corrected chi connectivity index (χ4v) is 4.84. The Bertz CT molecular complexity index is 1060. The predicted molar refractivity (Wildman–Crippen MR) is 126 cm³/mol. The predicted octanol–water partition coefficient (Wildman–Crippen LogP) is 4.75. The van der Waals surface area contributed by atoms with Crippen molar-refractivity contribution in [2.45, 2.75) is 26.7 Å². The molecule has 1 amide bonds. The van der Waals surface area contributed by atoms with E-state index in [4.69, 9.17) is 14.5 Å². The third-order valence-corrected chi connectivity index (χ3v) is 6.85. The van der Waals surface area contributed by atoms with Crippen molar-refractivity contribution in [1.29, 1.82) is 0 Å². The van der Waals surface area contributed by atoms with Gasteiger partial charge in [-0.25, -0.2) is 4.98 Å². The molecule has 7 heteroatoms. The third kappa shape index (κ3) is 4.61. The van der Waals surface area contributed by atoms with Crippen LogP contribution < -0.4 is 14.4 Å². The number of anilines is 1. The minimum atomic E-state index is 0.0578. The lowest BCUT2D eigenvalue weighted by Crippen LogP contribution is -2.48. The average Bonchev–Trinajstić information content (AvgIpc) is 3.26. The molecule has 0 radical (unpaired) electrons. The van der Waals surface area contributed by atoms with Crippen LogP contribution in [0.5, 0.6) is 11.5 Å². The second-order valence-corrected chi connectivity index (χ2v) is 8.75. The summed E-state index contributed by atoms with van der Waals surface area (Å²) in [5.41, 5.74) is 2.80. The van der Waals surface area contributed by atoms with Gasteiger partial charge in [-0.05, 0) is 43.2 Å². The summed E-state index contributed by atoms with van der Waals surface area (Å²) in [6.07, 6.45) is 2.10. The van der Waals surface area contributed by atoms with Crippen molar-refractivity contribution in [3.05, 3.63) is 47.5 Å². The van der Waals surface area contributed by atoms with Gasteiger partial charge in [-0.1, -0.05) is 36.8 Å². The number of benzene rings is 2. The largest absolute Gasteiger partial charge is 0.494 e. The zero-order valence-electron chi connectivity index (χ0n) is 18.4. The highest BCUT2D eigenvalue weighted by molar-refractivity contribution is 7.22. The summed E-state index contributed by atoms with van der Waals surface area (Å²) in [4.78, 5) is 22.0. The molecule has 164 valence electrons. The quantitative estimate of drug-likeness (QED) is 0.497. The number of carbonyl (C=O) groups excluding carboxylic acids is 1. The number of ether oxygens (including phenoxy) is 2. The van der Waals surface area contributed by atoms with E-state index in [0.29, 0.717) is 25.3 Å². The Labute approximate surface area is 187 Å². The number of aromatic nitrogens is 1. The molecule has 4 rings (SSSR count). The van der Waals surface area contributed by atoms with E-state index >= 15 is 0 Å². The molecule has 1 fully saturated rings. The summed E-state index contributed by atoms with van der Waals surface area (Å²) in [6, 6.07) is 11.6. The lowest BCUT2D eigenvalue weighted by Gasteiger charge is -2.34. The van der Waals surface area contributed by atoms with E-state index < -0.39 is 0 Å². The van der Waals surface area contributed by atoms with Crippen molar-refractivity contribution in [2.75, 3.05) is 44.8 Å². The first kappa shape index (κ1) is 21.4. The molecular weight excluding hydrogens is 410 g/mol. The molecule has 1 aliphatic rings. The summed E-state index contributed by atoms with van der Waals surface area (Å²) in [6.45, 7) is 7.78. The molecule has 1 aliphatic heterocycles. The van der Waals surface area contributed by atoms with Crippen molar-refractivity contribution in [1.82, 2.24) is 9.88 Å². The number of amides is 1. The number of aryl methyl sites for hydroxylation is 1. The normalized spacial score (nSPS) is 14.2. The Morgan fingerprint density at radius 1 is 1.16 bits per heavy atom. The minimum absolute atomic E-state index is 0.0578. The second kappa shape index (κ2) is 9.56. The number of hydrogen-bond acceptors (Lipinski definition) is 6. The SMILES string of the molecule is CCCCOc1cccc(C(=O)N2CCN(c3nc4c(OC)ccc(C)c4s3)CC2)c1. The van der Waals surface area contributed by atoms with Crippen LogP contribution >= 0.6 is 11.3 Å². The smallest absolute Gasteiger partial charge is 0.254 e. The molecule has 6 nitrogen and oxygen atoms in total. The summed E-state index contributed by atoms with van der Waals surface area (Å²) >= 11 is 1.69. The molecule has 3 aromatic rings. The third-order valence-electron chi connectivity index (χ3n) is 5.60. The van der Waals surface area contributed by atoms with Crippen LogP contribution in [-0.4, -0.2) is 55.7 Å². The second-order valence-electron chi connectivity index (χ2n) is 7.77. The van der Waals surface area contributed by atoms with E-state index in [-0.39, 0.29) is 5.91 Å². The number of rotatable bonds is 7. The van der Waals surface area contributed by atoms with E-state index in [1.165, 1.54) is 5.56 Å². The van der Waals surface area contributed by atoms with E-state index in [0.717, 1.165) is 52.8 Å². The molecule has 0 atom stereocenters. The molecule has 1 aromatic heterocycles. The van der Waals surface area contributed by atoms with Crippen molar-refractivity contribution < 1.29 is 14.3 Å². The van der Waals surface area contributed by atoms with Gasteiger partial charge in [0.05, 0.1) is 18.4 Å². The van der Waals surface area contributed by atoms with Gasteiger partial charge in [-0.2, -0.15) is 0 Å². The monoisotopic (exact) mass is 439 g/mol. The highest BCUT2D eigenvalue weighted by atomic mass is 32.1. The number of nitrogens with zero attached hydrogens (tertiary/aromatic N) is 3. The van der Waals surface area contributed by atoms with Crippen LogP contribution in [0, 0.1) is 6.92 Å². The number of unbranched alkanes of at least 4 members (excludes halogenated alkanes) is 1. The molecule has 0 unspecified atom stereocenters. The molecular formula is C24H29N3O3S. The van der Waals surface area contributed by atoms with Crippen molar-refractivity contribution in [3.63, 3.8) is 0 Å². The van der Waals surface area contributed by atoms with Gasteiger partial charge in [-0.3, -0.25) is 4.79 Å². The number of methoxy groups -OCH3 is 1. The zero-order chi connectivity index (χ0) is 21.8. The summed E-state index contributed by atoms with van der Waals surface area (Å²) < 4.78 is 12.4. The maximum absolute atomic E-state index is 13.0. The van der Waals surface area contributed by atoms with E-state index in [2.05, 4.69) is 24.8 Å². The summed E-state index contributed by atoms with van der Waals surface area (Å²) in [7, 11) is 1.68. The van der Waals surface area contributed by atoms with Crippen LogP contribution in [0.1, 0.15) is 35.7 Å². The lowest BCUT2D eigenvalue weighted by molar-refractivity contribution is 0.0746. The Morgan fingerprint density at radius 3 is 2.71 bits per heavy atom. The molecule has 2 heterocycles. The highest BCUT2D eigenvalue weighted by Gasteiger charge is 2.25. The van der Waals surface area contributed by atoms with Gasteiger partial charge in [0.25, 0.3) is 5.91 Å². The first-order valence-electron chi connectivity index (χ1n) is 10.8. The number of carbonyl (C=O) groups is 1. The maximum atomic E-state index is 13.0. The van der Waals surface area contributed by atoms with Gasteiger partial charge in [0.2, 0.25) is 0 Å². The fourth-order valence-electron chi connectivity index (χ4n) is 3.74. The molecule has 2 aromatic carbocycles. The number of piperazine rings is 1. The minimum Gasteiger partial charge on any atom is -0.494 e. The van der Waals surface area contributed by atoms with Crippen LogP contribution in [0.15, 0.2) is 36.4 Å². The Kier molecular flexibility index (Phi) is 6.61. The first-order chi connectivity index (χ1) is 15.1. The molecule has 0 bridgehead atoms. The van der Waals surface area contributed by atoms with Crippen molar-refractivity contribution >= 4 is 32.6 Å². The van der Waals surface area contributed by atoms with E-state index in [1.807, 2.05) is 35.2 Å². The number of fused-ring (bicyclic) bond motifs is 1. The van der Waals surface area contributed by atoms with Crippen LogP contribution in [0.25, 0.3) is 10.2 Å². The molecule has 31 heavy (non-hydrogen) atoms. The van der Waals surface area contributed by atoms with Crippen molar-refractivity contribution in [3.8, 4) is 11.5 Å². The molecule has 0 N–H and O–H groups in total.